The van der Waals surface area contributed by atoms with E-state index in [9.17, 15) is 0 Å². The molecule has 0 unspecified atom stereocenters. The Morgan fingerprint density at radius 3 is 2.65 bits per heavy atom. The number of hydrogen-bond acceptors (Lipinski definition) is 1. The molecule has 17 heavy (non-hydrogen) atoms. The minimum atomic E-state index is 1.20. The Kier molecular flexibility index (Phi) is 3.28. The van der Waals surface area contributed by atoms with E-state index in [1.807, 2.05) is 0 Å². The largest absolute Gasteiger partial charge is 0.299 e. The molecule has 1 aromatic rings. The Labute approximate surface area is 104 Å². The van der Waals surface area contributed by atoms with Crippen molar-refractivity contribution in [2.45, 2.75) is 32.1 Å². The molecule has 1 heteroatoms. The van der Waals surface area contributed by atoms with Gasteiger partial charge in [0, 0.05) is 6.54 Å². The third-order valence-corrected chi connectivity index (χ3v) is 3.98. The second-order valence-corrected chi connectivity index (χ2v) is 5.34. The Balaban J connectivity index is 1.78. The normalized spacial score (nSPS) is 20.8. The van der Waals surface area contributed by atoms with Gasteiger partial charge < -0.3 is 0 Å². The molecule has 0 bridgehead atoms. The lowest BCUT2D eigenvalue weighted by molar-refractivity contribution is 0.365. The fourth-order valence-corrected chi connectivity index (χ4v) is 3.05. The topological polar surface area (TPSA) is 3.24 Å². The van der Waals surface area contributed by atoms with Crippen LogP contribution in [0.2, 0.25) is 0 Å². The average Bonchev–Trinajstić information content (AvgIpc) is 2.76. The summed E-state index contributed by atoms with van der Waals surface area (Å²) in [6.45, 7) is 3.81. The Morgan fingerprint density at radius 1 is 0.941 bits per heavy atom. The quantitative estimate of drug-likeness (QED) is 0.747. The van der Waals surface area contributed by atoms with E-state index in [0.717, 1.165) is 0 Å². The highest BCUT2D eigenvalue weighted by Crippen LogP contribution is 2.24. The summed E-state index contributed by atoms with van der Waals surface area (Å²) in [6.07, 6.45) is 9.08. The van der Waals surface area contributed by atoms with Crippen LogP contribution in [0.3, 0.4) is 0 Å². The standard InChI is InChI=1S/C16H21N/c1-2-8-16-12-14(6-5-9-15(16)7-1)13-17-10-3-4-11-17/h1-2,7-8,12H,3-6,9-11,13H2. The molecule has 0 N–H and O–H groups in total. The smallest absolute Gasteiger partial charge is 0.0196 e. The van der Waals surface area contributed by atoms with Gasteiger partial charge in [-0.1, -0.05) is 35.9 Å². The number of benzene rings is 1. The van der Waals surface area contributed by atoms with E-state index >= 15 is 0 Å². The van der Waals surface area contributed by atoms with Crippen LogP contribution in [0.1, 0.15) is 36.8 Å². The number of fused-ring (bicyclic) bond motifs is 1. The first-order valence-electron chi connectivity index (χ1n) is 6.91. The van der Waals surface area contributed by atoms with Gasteiger partial charge in [-0.25, -0.2) is 0 Å². The summed E-state index contributed by atoms with van der Waals surface area (Å²) in [4.78, 5) is 2.61. The SMILES string of the molecule is C1=C(CN2CCCC2)CCCc2ccccc21. The molecule has 1 nitrogen and oxygen atoms in total. The van der Waals surface area contributed by atoms with Crippen LogP contribution in [0.25, 0.3) is 6.08 Å². The van der Waals surface area contributed by atoms with Crippen molar-refractivity contribution in [3.05, 3.63) is 41.0 Å². The molecule has 1 aliphatic carbocycles. The second-order valence-electron chi connectivity index (χ2n) is 5.34. The van der Waals surface area contributed by atoms with Crippen molar-refractivity contribution in [1.82, 2.24) is 4.90 Å². The van der Waals surface area contributed by atoms with Crippen molar-refractivity contribution in [3.8, 4) is 0 Å². The predicted octanol–water partition coefficient (Wildman–Crippen LogP) is 3.50. The summed E-state index contributed by atoms with van der Waals surface area (Å²) in [5.41, 5.74) is 4.62. The van der Waals surface area contributed by atoms with Gasteiger partial charge in [-0.2, -0.15) is 0 Å². The van der Waals surface area contributed by atoms with Gasteiger partial charge in [0.25, 0.3) is 0 Å². The van der Waals surface area contributed by atoms with Crippen molar-refractivity contribution >= 4 is 6.08 Å². The minimum absolute atomic E-state index is 1.20. The van der Waals surface area contributed by atoms with Gasteiger partial charge in [-0.3, -0.25) is 4.90 Å². The second kappa shape index (κ2) is 5.05. The van der Waals surface area contributed by atoms with Crippen LogP contribution in [0.4, 0.5) is 0 Å². The number of likely N-dealkylation sites (tertiary alicyclic amines) is 1. The molecule has 1 saturated heterocycles. The summed E-state index contributed by atoms with van der Waals surface area (Å²) in [7, 11) is 0. The maximum Gasteiger partial charge on any atom is 0.0196 e. The molecule has 0 saturated carbocycles. The maximum absolute atomic E-state index is 2.61. The number of nitrogens with zero attached hydrogens (tertiary/aromatic N) is 1. The molecule has 3 rings (SSSR count). The number of hydrogen-bond donors (Lipinski definition) is 0. The Bertz CT molecular complexity index is 413. The van der Waals surface area contributed by atoms with E-state index in [4.69, 9.17) is 0 Å². The summed E-state index contributed by atoms with van der Waals surface area (Å²) >= 11 is 0. The van der Waals surface area contributed by atoms with Crippen molar-refractivity contribution in [2.75, 3.05) is 19.6 Å². The highest BCUT2D eigenvalue weighted by atomic mass is 15.1. The summed E-state index contributed by atoms with van der Waals surface area (Å²) in [5, 5.41) is 0. The number of rotatable bonds is 2. The van der Waals surface area contributed by atoms with E-state index in [0.29, 0.717) is 0 Å². The van der Waals surface area contributed by atoms with E-state index in [2.05, 4.69) is 35.2 Å². The molecular formula is C16H21N. The molecule has 90 valence electrons. The van der Waals surface area contributed by atoms with E-state index in [-0.39, 0.29) is 0 Å². The fraction of sp³-hybridized carbons (Fsp3) is 0.500. The third-order valence-electron chi connectivity index (χ3n) is 3.98. The predicted molar refractivity (Wildman–Crippen MR) is 73.0 cm³/mol. The van der Waals surface area contributed by atoms with Gasteiger partial charge in [-0.05, 0) is 56.3 Å². The molecule has 0 atom stereocenters. The Morgan fingerprint density at radius 2 is 1.76 bits per heavy atom. The van der Waals surface area contributed by atoms with Gasteiger partial charge in [0.05, 0.1) is 0 Å². The van der Waals surface area contributed by atoms with E-state index < -0.39 is 0 Å². The van der Waals surface area contributed by atoms with Crippen molar-refractivity contribution in [2.24, 2.45) is 0 Å². The third kappa shape index (κ3) is 2.61. The molecule has 1 heterocycles. The van der Waals surface area contributed by atoms with Gasteiger partial charge in [0.15, 0.2) is 0 Å². The van der Waals surface area contributed by atoms with Crippen molar-refractivity contribution in [1.29, 1.82) is 0 Å². The summed E-state index contributed by atoms with van der Waals surface area (Å²) in [6, 6.07) is 8.88. The summed E-state index contributed by atoms with van der Waals surface area (Å²) in [5.74, 6) is 0. The minimum Gasteiger partial charge on any atom is -0.299 e. The summed E-state index contributed by atoms with van der Waals surface area (Å²) < 4.78 is 0. The molecule has 2 aliphatic rings. The van der Waals surface area contributed by atoms with Crippen LogP contribution >= 0.6 is 0 Å². The van der Waals surface area contributed by atoms with Crippen LogP contribution in [-0.2, 0) is 6.42 Å². The van der Waals surface area contributed by atoms with E-state index in [1.54, 1.807) is 5.57 Å². The monoisotopic (exact) mass is 227 g/mol. The zero-order valence-corrected chi connectivity index (χ0v) is 10.5. The van der Waals surface area contributed by atoms with Crippen molar-refractivity contribution < 1.29 is 0 Å². The molecule has 0 radical (unpaired) electrons. The van der Waals surface area contributed by atoms with Crippen molar-refractivity contribution in [3.63, 3.8) is 0 Å². The molecule has 1 fully saturated rings. The molecular weight excluding hydrogens is 206 g/mol. The van der Waals surface area contributed by atoms with Crippen LogP contribution in [0, 0.1) is 0 Å². The van der Waals surface area contributed by atoms with Gasteiger partial charge in [0.2, 0.25) is 0 Å². The molecule has 0 aromatic heterocycles. The Hall–Kier alpha value is -1.08. The van der Waals surface area contributed by atoms with Crippen LogP contribution in [-0.4, -0.2) is 24.5 Å². The lowest BCUT2D eigenvalue weighted by Gasteiger charge is -2.16. The highest BCUT2D eigenvalue weighted by Gasteiger charge is 2.14. The van der Waals surface area contributed by atoms with Crippen LogP contribution < -0.4 is 0 Å². The number of aryl methyl sites for hydroxylation is 1. The lowest BCUT2D eigenvalue weighted by atomic mass is 10.1. The maximum atomic E-state index is 2.61. The molecule has 1 aromatic carbocycles. The van der Waals surface area contributed by atoms with Gasteiger partial charge >= 0.3 is 0 Å². The lowest BCUT2D eigenvalue weighted by Crippen LogP contribution is -2.21. The fourth-order valence-electron chi connectivity index (χ4n) is 3.05. The van der Waals surface area contributed by atoms with Gasteiger partial charge in [0.1, 0.15) is 0 Å². The first kappa shape index (κ1) is 11.0. The first-order chi connectivity index (χ1) is 8.42. The molecule has 1 aliphatic heterocycles. The highest BCUT2D eigenvalue weighted by molar-refractivity contribution is 5.58. The zero-order valence-electron chi connectivity index (χ0n) is 10.5. The van der Waals surface area contributed by atoms with Gasteiger partial charge in [-0.15, -0.1) is 0 Å². The van der Waals surface area contributed by atoms with Crippen LogP contribution in [0.5, 0.6) is 0 Å². The van der Waals surface area contributed by atoms with E-state index in [1.165, 1.54) is 62.9 Å². The molecule has 0 amide bonds. The average molecular weight is 227 g/mol. The zero-order chi connectivity index (χ0) is 11.5. The molecule has 0 spiro atoms. The van der Waals surface area contributed by atoms with Crippen LogP contribution in [0.15, 0.2) is 29.8 Å². The first-order valence-corrected chi connectivity index (χ1v) is 6.91.